The number of ether oxygens (including phenoxy) is 6. The number of hydrogen-bond donors (Lipinski definition) is 0. The minimum absolute atomic E-state index is 0.0541. The van der Waals surface area contributed by atoms with Gasteiger partial charge in [-0.1, -0.05) is 84.3 Å². The largest absolute Gasteiger partial charge is 0.444 e. The molecule has 77 heavy (non-hydrogen) atoms. The Labute approximate surface area is 461 Å². The lowest BCUT2D eigenvalue weighted by Gasteiger charge is -2.34. The van der Waals surface area contributed by atoms with Crippen LogP contribution in [0.15, 0.2) is 60.7 Å². The Morgan fingerprint density at radius 2 is 1.04 bits per heavy atom. The summed E-state index contributed by atoms with van der Waals surface area (Å²) in [6.07, 6.45) is 1.74. The number of aromatic nitrogens is 4. The molecule has 15 nitrogen and oxygen atoms in total. The molecule has 0 aliphatic carbocycles. The first kappa shape index (κ1) is 58.4. The molecule has 5 aromatic rings. The molecule has 0 radical (unpaired) electrons. The predicted octanol–water partition coefficient (Wildman–Crippen LogP) is 13.8. The van der Waals surface area contributed by atoms with Crippen LogP contribution in [0.3, 0.4) is 0 Å². The summed E-state index contributed by atoms with van der Waals surface area (Å²) in [5, 5.41) is 0. The van der Waals surface area contributed by atoms with Crippen LogP contribution in [0.2, 0.25) is 51.4 Å². The lowest BCUT2D eigenvalue weighted by Crippen LogP contribution is -2.37. The van der Waals surface area contributed by atoms with Gasteiger partial charge >= 0.3 is 12.2 Å². The van der Waals surface area contributed by atoms with Crippen LogP contribution in [0.4, 0.5) is 15.3 Å². The Morgan fingerprint density at radius 1 is 0.584 bits per heavy atom. The number of carbonyl (C=O) groups excluding carboxylic acids is 2. The number of methoxy groups -OCH3 is 2. The van der Waals surface area contributed by atoms with Crippen molar-refractivity contribution >= 4 is 56.1 Å². The molecule has 0 saturated carbocycles. The smallest absolute Gasteiger partial charge is 0.410 e. The molecule has 3 aliphatic heterocycles. The lowest BCUT2D eigenvalue weighted by atomic mass is 9.87. The molecule has 17 heteroatoms. The van der Waals surface area contributed by atoms with Gasteiger partial charge in [-0.15, -0.1) is 0 Å². The summed E-state index contributed by atoms with van der Waals surface area (Å²) in [6, 6.07) is 22.9. The van der Waals surface area contributed by atoms with Crippen molar-refractivity contribution in [3.8, 4) is 0 Å². The number of anilines is 1. The van der Waals surface area contributed by atoms with Crippen LogP contribution in [-0.4, -0.2) is 121 Å². The summed E-state index contributed by atoms with van der Waals surface area (Å²) < 4.78 is 42.6. The molecule has 8 rings (SSSR count). The second-order valence-electron chi connectivity index (χ2n) is 27.1. The Balaban J connectivity index is 1.26. The summed E-state index contributed by atoms with van der Waals surface area (Å²) in [4.78, 5) is 44.5. The molecule has 422 valence electrons. The van der Waals surface area contributed by atoms with Crippen molar-refractivity contribution in [2.24, 2.45) is 0 Å². The average molecular weight is 1090 g/mol. The molecule has 0 spiro atoms. The van der Waals surface area contributed by atoms with Gasteiger partial charge in [0.2, 0.25) is 0 Å². The second kappa shape index (κ2) is 22.8. The standard InChI is InChI=1S/C60H91N7O8Si2/c1-58(2,3)42-24-26-43(27-25-42)67-50(40-23-29-46-45(36-40)62-55(65(46)38-72-32-34-76(12,13)14)48-21-19-31-64(48)57(69)75-60(7,8)9)52(70-10)53(71-11)51(67)41-22-28-44-49(37-41)66(39-73-33-35-77(15,16)17)54(61-44)47-20-18-30-63(47)56(68)74-59(4,5)6/h22-29,36-37,47-48,50-53H,18-21,30-35,38-39H2,1-17H3/t47?,48-,50-,51-,52+,53+/m0/s1. The molecule has 1 unspecified atom stereocenters. The third-order valence-corrected chi connectivity index (χ3v) is 18.6. The summed E-state index contributed by atoms with van der Waals surface area (Å²) >= 11 is 0. The van der Waals surface area contributed by atoms with Crippen molar-refractivity contribution in [2.75, 3.05) is 45.4 Å². The highest BCUT2D eigenvalue weighted by Crippen LogP contribution is 2.51. The molecule has 2 aromatic heterocycles. The average Bonchev–Trinajstić information content (AvgIpc) is 4.27. The topological polar surface area (TPSA) is 135 Å². The zero-order valence-corrected chi connectivity index (χ0v) is 51.6. The zero-order valence-electron chi connectivity index (χ0n) is 49.6. The number of benzene rings is 3. The normalized spacial score (nSPS) is 21.8. The molecular weight excluding hydrogens is 1000 g/mol. The minimum atomic E-state index is -1.39. The molecule has 3 aliphatic rings. The van der Waals surface area contributed by atoms with Gasteiger partial charge in [0, 0.05) is 62.4 Å². The van der Waals surface area contributed by atoms with Crippen LogP contribution >= 0.6 is 0 Å². The van der Waals surface area contributed by atoms with Gasteiger partial charge in [-0.25, -0.2) is 19.6 Å². The maximum Gasteiger partial charge on any atom is 0.410 e. The van der Waals surface area contributed by atoms with Gasteiger partial charge in [0.15, 0.2) is 0 Å². The van der Waals surface area contributed by atoms with Crippen molar-refractivity contribution in [3.63, 3.8) is 0 Å². The van der Waals surface area contributed by atoms with Gasteiger partial charge in [-0.3, -0.25) is 9.80 Å². The van der Waals surface area contributed by atoms with Gasteiger partial charge < -0.3 is 42.5 Å². The molecule has 2 amide bonds. The number of likely N-dealkylation sites (tertiary alicyclic amines) is 2. The van der Waals surface area contributed by atoms with E-state index in [0.717, 1.165) is 88.3 Å². The Kier molecular flexibility index (Phi) is 17.2. The third kappa shape index (κ3) is 13.5. The van der Waals surface area contributed by atoms with Crippen molar-refractivity contribution < 1.29 is 38.0 Å². The number of nitrogens with zero attached hydrogens (tertiary/aromatic N) is 7. The SMILES string of the molecule is CO[C@H]1[C@H](OC)[C@H](c2ccc3nc(C4CCCN4C(=O)OC(C)(C)C)n(COCC[Si](C)(C)C)c3c2)N(c2ccc(C(C)(C)C)cc2)[C@H]1c1ccc2c(c1)nc([C@@H]1CCCN1C(=O)OC(C)(C)C)n2COCC[Si](C)(C)C. The van der Waals surface area contributed by atoms with E-state index in [2.05, 4.69) is 135 Å². The van der Waals surface area contributed by atoms with E-state index in [1.807, 2.05) is 51.3 Å². The van der Waals surface area contributed by atoms with Crippen LogP contribution in [-0.2, 0) is 47.3 Å². The summed E-state index contributed by atoms with van der Waals surface area (Å²) in [5.74, 6) is 1.59. The number of fused-ring (bicyclic) bond motifs is 2. The number of amides is 2. The number of hydrogen-bond acceptors (Lipinski definition) is 11. The molecule has 3 fully saturated rings. The molecule has 3 aromatic carbocycles. The van der Waals surface area contributed by atoms with Gasteiger partial charge in [0.1, 0.15) is 48.5 Å². The maximum atomic E-state index is 13.8. The van der Waals surface area contributed by atoms with E-state index < -0.39 is 39.6 Å². The summed E-state index contributed by atoms with van der Waals surface area (Å²) in [7, 11) is 0.812. The van der Waals surface area contributed by atoms with E-state index in [1.165, 1.54) is 5.56 Å². The highest BCUT2D eigenvalue weighted by molar-refractivity contribution is 6.76. The fourth-order valence-electron chi connectivity index (χ4n) is 11.2. The van der Waals surface area contributed by atoms with E-state index in [4.69, 9.17) is 38.4 Å². The molecule has 6 atom stereocenters. The minimum Gasteiger partial charge on any atom is -0.444 e. The second-order valence-corrected chi connectivity index (χ2v) is 38.4. The van der Waals surface area contributed by atoms with Crippen LogP contribution in [0, 0.1) is 0 Å². The first-order valence-corrected chi connectivity index (χ1v) is 35.6. The third-order valence-electron chi connectivity index (χ3n) is 15.2. The molecular formula is C60H91N7O8Si2. The Hall–Kier alpha value is -4.79. The predicted molar refractivity (Wildman–Crippen MR) is 312 cm³/mol. The van der Waals surface area contributed by atoms with Crippen molar-refractivity contribution in [3.05, 3.63) is 89.0 Å². The number of carbonyl (C=O) groups is 2. The van der Waals surface area contributed by atoms with Gasteiger partial charge in [-0.2, -0.15) is 0 Å². The van der Waals surface area contributed by atoms with Crippen molar-refractivity contribution in [2.45, 2.75) is 206 Å². The van der Waals surface area contributed by atoms with Crippen molar-refractivity contribution in [1.82, 2.24) is 28.9 Å². The van der Waals surface area contributed by atoms with E-state index in [9.17, 15) is 9.59 Å². The number of rotatable bonds is 17. The molecule has 0 bridgehead atoms. The van der Waals surface area contributed by atoms with Crippen LogP contribution in [0.25, 0.3) is 22.1 Å². The molecule has 0 N–H and O–H groups in total. The first-order chi connectivity index (χ1) is 36.1. The van der Waals surface area contributed by atoms with Crippen molar-refractivity contribution in [1.29, 1.82) is 0 Å². The molecule has 5 heterocycles. The van der Waals surface area contributed by atoms with E-state index in [-0.39, 0.29) is 41.8 Å². The van der Waals surface area contributed by atoms with E-state index in [0.29, 0.717) is 39.8 Å². The highest BCUT2D eigenvalue weighted by Gasteiger charge is 2.52. The Morgan fingerprint density at radius 3 is 1.49 bits per heavy atom. The fraction of sp³-hybridized carbons (Fsp3) is 0.633. The fourth-order valence-corrected chi connectivity index (χ4v) is 12.7. The Bertz CT molecular complexity index is 2850. The van der Waals surface area contributed by atoms with Crippen LogP contribution < -0.4 is 4.90 Å². The maximum absolute atomic E-state index is 13.8. The monoisotopic (exact) mass is 1090 g/mol. The highest BCUT2D eigenvalue weighted by atomic mass is 28.3. The quantitative estimate of drug-likeness (QED) is 0.0650. The number of imidazole rings is 2. The van der Waals surface area contributed by atoms with Gasteiger partial charge in [0.25, 0.3) is 0 Å². The zero-order chi connectivity index (χ0) is 56.0. The molecule has 3 saturated heterocycles. The van der Waals surface area contributed by atoms with E-state index >= 15 is 0 Å². The summed E-state index contributed by atoms with van der Waals surface area (Å²) in [6.45, 7) is 35.4. The van der Waals surface area contributed by atoms with Crippen LogP contribution in [0.5, 0.6) is 0 Å². The van der Waals surface area contributed by atoms with Gasteiger partial charge in [0.05, 0.1) is 46.2 Å². The van der Waals surface area contributed by atoms with Gasteiger partial charge in [-0.05, 0) is 138 Å². The summed E-state index contributed by atoms with van der Waals surface area (Å²) in [5.41, 5.74) is 6.51. The lowest BCUT2D eigenvalue weighted by molar-refractivity contribution is -0.0287. The van der Waals surface area contributed by atoms with Crippen LogP contribution in [0.1, 0.15) is 141 Å². The van der Waals surface area contributed by atoms with E-state index in [1.54, 1.807) is 14.2 Å². The first-order valence-electron chi connectivity index (χ1n) is 28.2.